The number of nitrogen functional groups attached to an aromatic ring is 1. The van der Waals surface area contributed by atoms with E-state index in [2.05, 4.69) is 11.1 Å². The summed E-state index contributed by atoms with van der Waals surface area (Å²) in [6, 6.07) is 28.7. The molecular formula is C25H19N3O2. The van der Waals surface area contributed by atoms with Crippen LogP contribution in [0.2, 0.25) is 0 Å². The molecule has 4 rings (SSSR count). The molecule has 0 fully saturated rings. The average molecular weight is 393 g/mol. The number of ether oxygens (including phenoxy) is 2. The molecule has 0 aliphatic carbocycles. The SMILES string of the molecule is COc1cccc(-c2cc(-c3ccc(Oc4ccccc4)cc3)nc(N)c2C#N)c1. The van der Waals surface area contributed by atoms with Crippen LogP contribution in [0.1, 0.15) is 5.56 Å². The summed E-state index contributed by atoms with van der Waals surface area (Å²) in [7, 11) is 1.61. The van der Waals surface area contributed by atoms with Gasteiger partial charge in [-0.1, -0.05) is 30.3 Å². The van der Waals surface area contributed by atoms with E-state index in [9.17, 15) is 5.26 Å². The van der Waals surface area contributed by atoms with Crippen LogP contribution in [0.4, 0.5) is 5.82 Å². The lowest BCUT2D eigenvalue weighted by molar-refractivity contribution is 0.415. The van der Waals surface area contributed by atoms with Crippen LogP contribution < -0.4 is 15.2 Å². The number of anilines is 1. The van der Waals surface area contributed by atoms with Crippen molar-refractivity contribution >= 4 is 5.82 Å². The molecule has 0 aliphatic rings. The summed E-state index contributed by atoms with van der Waals surface area (Å²) in [6.07, 6.45) is 0. The van der Waals surface area contributed by atoms with Crippen LogP contribution in [-0.2, 0) is 0 Å². The van der Waals surface area contributed by atoms with Crippen LogP contribution in [0, 0.1) is 11.3 Å². The maximum Gasteiger partial charge on any atom is 0.142 e. The molecule has 5 nitrogen and oxygen atoms in total. The van der Waals surface area contributed by atoms with E-state index < -0.39 is 0 Å². The van der Waals surface area contributed by atoms with Gasteiger partial charge in [-0.05, 0) is 60.2 Å². The van der Waals surface area contributed by atoms with Crippen molar-refractivity contribution in [3.63, 3.8) is 0 Å². The highest BCUT2D eigenvalue weighted by Gasteiger charge is 2.14. The highest BCUT2D eigenvalue weighted by Crippen LogP contribution is 2.33. The van der Waals surface area contributed by atoms with E-state index in [1.54, 1.807) is 7.11 Å². The van der Waals surface area contributed by atoms with Gasteiger partial charge in [0.15, 0.2) is 0 Å². The smallest absolute Gasteiger partial charge is 0.142 e. The van der Waals surface area contributed by atoms with Crippen molar-refractivity contribution in [1.29, 1.82) is 5.26 Å². The van der Waals surface area contributed by atoms with E-state index in [4.69, 9.17) is 15.2 Å². The van der Waals surface area contributed by atoms with Crippen molar-refractivity contribution in [2.45, 2.75) is 0 Å². The summed E-state index contributed by atoms with van der Waals surface area (Å²) in [5.74, 6) is 2.39. The largest absolute Gasteiger partial charge is 0.497 e. The number of methoxy groups -OCH3 is 1. The Hall–Kier alpha value is -4.30. The van der Waals surface area contributed by atoms with Gasteiger partial charge in [-0.3, -0.25) is 0 Å². The molecule has 0 amide bonds. The van der Waals surface area contributed by atoms with Crippen molar-refractivity contribution in [1.82, 2.24) is 4.98 Å². The van der Waals surface area contributed by atoms with Crippen molar-refractivity contribution < 1.29 is 9.47 Å². The van der Waals surface area contributed by atoms with E-state index in [1.165, 1.54) is 0 Å². The van der Waals surface area contributed by atoms with Crippen LogP contribution in [0.15, 0.2) is 84.9 Å². The number of hydrogen-bond acceptors (Lipinski definition) is 5. The number of hydrogen-bond donors (Lipinski definition) is 1. The summed E-state index contributed by atoms with van der Waals surface area (Å²) in [5.41, 5.74) is 9.56. The van der Waals surface area contributed by atoms with Crippen molar-refractivity contribution in [3.8, 4) is 45.7 Å². The van der Waals surface area contributed by atoms with Gasteiger partial charge in [-0.2, -0.15) is 5.26 Å². The molecule has 5 heteroatoms. The third kappa shape index (κ3) is 3.94. The Morgan fingerprint density at radius 3 is 2.20 bits per heavy atom. The number of pyridine rings is 1. The number of rotatable bonds is 5. The maximum atomic E-state index is 9.61. The van der Waals surface area contributed by atoms with Gasteiger partial charge < -0.3 is 15.2 Å². The number of aromatic nitrogens is 1. The molecule has 0 saturated carbocycles. The number of nitrogens with zero attached hydrogens (tertiary/aromatic N) is 2. The zero-order valence-corrected chi connectivity index (χ0v) is 16.4. The predicted molar refractivity (Wildman–Crippen MR) is 117 cm³/mol. The minimum Gasteiger partial charge on any atom is -0.497 e. The molecule has 0 spiro atoms. The predicted octanol–water partition coefficient (Wildman–Crippen LogP) is 5.67. The molecule has 0 radical (unpaired) electrons. The van der Waals surface area contributed by atoms with Crippen molar-refractivity contribution in [3.05, 3.63) is 90.5 Å². The second-order valence-electron chi connectivity index (χ2n) is 6.60. The Kier molecular flexibility index (Phi) is 5.31. The summed E-state index contributed by atoms with van der Waals surface area (Å²) >= 11 is 0. The van der Waals surface area contributed by atoms with Crippen LogP contribution in [0.3, 0.4) is 0 Å². The lowest BCUT2D eigenvalue weighted by atomic mass is 9.98. The molecule has 1 aromatic heterocycles. The first kappa shape index (κ1) is 19.0. The standard InChI is InChI=1S/C25H19N3O2/c1-29-21-9-5-6-18(14-21)22-15-24(28-25(27)23(22)16-26)17-10-12-20(13-11-17)30-19-7-3-2-4-8-19/h2-15H,1H3,(H2,27,28). The first-order valence-electron chi connectivity index (χ1n) is 9.36. The van der Waals surface area contributed by atoms with Gasteiger partial charge in [0.2, 0.25) is 0 Å². The lowest BCUT2D eigenvalue weighted by Crippen LogP contribution is -2.00. The van der Waals surface area contributed by atoms with Gasteiger partial charge in [-0.25, -0.2) is 4.98 Å². The van der Waals surface area contributed by atoms with Gasteiger partial charge in [0.25, 0.3) is 0 Å². The highest BCUT2D eigenvalue weighted by atomic mass is 16.5. The Morgan fingerprint density at radius 1 is 0.800 bits per heavy atom. The topological polar surface area (TPSA) is 81.2 Å². The van der Waals surface area contributed by atoms with Gasteiger partial charge in [0, 0.05) is 11.1 Å². The van der Waals surface area contributed by atoms with Gasteiger partial charge >= 0.3 is 0 Å². The minimum atomic E-state index is 0.192. The number of benzene rings is 3. The molecule has 30 heavy (non-hydrogen) atoms. The van der Waals surface area contributed by atoms with Gasteiger partial charge in [-0.15, -0.1) is 0 Å². The van der Waals surface area contributed by atoms with E-state index in [-0.39, 0.29) is 5.82 Å². The van der Waals surface area contributed by atoms with Crippen LogP contribution in [0.5, 0.6) is 17.2 Å². The van der Waals surface area contributed by atoms with E-state index >= 15 is 0 Å². The summed E-state index contributed by atoms with van der Waals surface area (Å²) in [4.78, 5) is 4.44. The fourth-order valence-electron chi connectivity index (χ4n) is 3.17. The molecule has 2 N–H and O–H groups in total. The average Bonchev–Trinajstić information content (AvgIpc) is 2.80. The summed E-state index contributed by atoms with van der Waals surface area (Å²) < 4.78 is 11.2. The Bertz CT molecular complexity index is 1210. The first-order chi connectivity index (χ1) is 14.7. The molecule has 4 aromatic rings. The lowest BCUT2D eigenvalue weighted by Gasteiger charge is -2.12. The molecule has 146 valence electrons. The fraction of sp³-hybridized carbons (Fsp3) is 0.0400. The van der Waals surface area contributed by atoms with Gasteiger partial charge in [0.1, 0.15) is 34.7 Å². The quantitative estimate of drug-likeness (QED) is 0.472. The minimum absolute atomic E-state index is 0.192. The third-order valence-corrected chi connectivity index (χ3v) is 4.67. The summed E-state index contributed by atoms with van der Waals surface area (Å²) in [5, 5.41) is 9.61. The monoisotopic (exact) mass is 393 g/mol. The Balaban J connectivity index is 1.71. The fourth-order valence-corrected chi connectivity index (χ4v) is 3.17. The molecule has 0 saturated heterocycles. The zero-order valence-electron chi connectivity index (χ0n) is 16.4. The molecule has 0 aliphatic heterocycles. The zero-order chi connectivity index (χ0) is 20.9. The van der Waals surface area contributed by atoms with Crippen LogP contribution in [0.25, 0.3) is 22.4 Å². The van der Waals surface area contributed by atoms with Gasteiger partial charge in [0.05, 0.1) is 12.8 Å². The van der Waals surface area contributed by atoms with E-state index in [0.717, 1.165) is 22.6 Å². The molecule has 0 bridgehead atoms. The second-order valence-corrected chi connectivity index (χ2v) is 6.60. The molecule has 1 heterocycles. The number of nitriles is 1. The van der Waals surface area contributed by atoms with Crippen molar-refractivity contribution in [2.24, 2.45) is 0 Å². The molecule has 3 aromatic carbocycles. The normalized spacial score (nSPS) is 10.3. The van der Waals surface area contributed by atoms with Crippen LogP contribution in [-0.4, -0.2) is 12.1 Å². The third-order valence-electron chi connectivity index (χ3n) is 4.67. The van der Waals surface area contributed by atoms with Crippen LogP contribution >= 0.6 is 0 Å². The Morgan fingerprint density at radius 2 is 1.50 bits per heavy atom. The highest BCUT2D eigenvalue weighted by molar-refractivity contribution is 5.80. The number of para-hydroxylation sites is 1. The number of nitrogens with two attached hydrogens (primary N) is 1. The second kappa shape index (κ2) is 8.38. The molecular weight excluding hydrogens is 374 g/mol. The van der Waals surface area contributed by atoms with E-state index in [1.807, 2.05) is 84.9 Å². The first-order valence-corrected chi connectivity index (χ1v) is 9.36. The molecule has 0 atom stereocenters. The van der Waals surface area contributed by atoms with Crippen molar-refractivity contribution in [2.75, 3.05) is 12.8 Å². The Labute approximate surface area is 175 Å². The molecule has 0 unspecified atom stereocenters. The maximum absolute atomic E-state index is 9.61. The van der Waals surface area contributed by atoms with E-state index in [0.29, 0.717) is 22.6 Å². The summed E-state index contributed by atoms with van der Waals surface area (Å²) in [6.45, 7) is 0.